The molecule has 1 amide bonds. The van der Waals surface area contributed by atoms with Crippen molar-refractivity contribution in [3.63, 3.8) is 0 Å². The standard InChI is InChI=1S/C14H29N3O2/c1-12-4-8-17(9-5-12)11-13(18)10-15-14(19)6-7-16(2)3/h12-13,18H,4-11H2,1-3H3,(H,15,19). The van der Waals surface area contributed by atoms with E-state index in [0.717, 1.165) is 25.6 Å². The van der Waals surface area contributed by atoms with Crippen LogP contribution in [0.1, 0.15) is 26.2 Å². The SMILES string of the molecule is CC1CCN(CC(O)CNC(=O)CCN(C)C)CC1. The van der Waals surface area contributed by atoms with Crippen molar-refractivity contribution in [2.24, 2.45) is 5.92 Å². The molecular weight excluding hydrogens is 242 g/mol. The zero-order valence-electron chi connectivity index (χ0n) is 12.6. The molecule has 0 aromatic heterocycles. The number of likely N-dealkylation sites (tertiary alicyclic amines) is 1. The van der Waals surface area contributed by atoms with Gasteiger partial charge in [-0.2, -0.15) is 0 Å². The van der Waals surface area contributed by atoms with Gasteiger partial charge in [0.2, 0.25) is 5.91 Å². The Labute approximate surface area is 117 Å². The summed E-state index contributed by atoms with van der Waals surface area (Å²) in [6.45, 7) is 6.17. The van der Waals surface area contributed by atoms with Gasteiger partial charge in [0, 0.05) is 26.1 Å². The number of nitrogens with one attached hydrogen (secondary N) is 1. The maximum atomic E-state index is 11.5. The van der Waals surface area contributed by atoms with Gasteiger partial charge < -0.3 is 20.2 Å². The molecule has 5 nitrogen and oxygen atoms in total. The second kappa shape index (κ2) is 8.51. The minimum atomic E-state index is -0.461. The molecule has 0 saturated carbocycles. The summed E-state index contributed by atoms with van der Waals surface area (Å²) in [5.74, 6) is 0.819. The third-order valence-electron chi connectivity index (χ3n) is 3.67. The predicted octanol–water partition coefficient (Wildman–Crippen LogP) is 0.147. The molecule has 1 heterocycles. The lowest BCUT2D eigenvalue weighted by Crippen LogP contribution is -2.43. The number of aliphatic hydroxyl groups excluding tert-OH is 1. The number of carbonyl (C=O) groups is 1. The fourth-order valence-electron chi connectivity index (χ4n) is 2.25. The average molecular weight is 271 g/mol. The summed E-state index contributed by atoms with van der Waals surface area (Å²) in [6, 6.07) is 0. The monoisotopic (exact) mass is 271 g/mol. The van der Waals surface area contributed by atoms with Crippen molar-refractivity contribution in [2.75, 3.05) is 46.8 Å². The second-order valence-electron chi connectivity index (χ2n) is 5.99. The fourth-order valence-corrected chi connectivity index (χ4v) is 2.25. The van der Waals surface area contributed by atoms with Gasteiger partial charge in [0.25, 0.3) is 0 Å². The first-order valence-electron chi connectivity index (χ1n) is 7.29. The Morgan fingerprint density at radius 3 is 2.63 bits per heavy atom. The van der Waals surface area contributed by atoms with E-state index in [9.17, 15) is 9.90 Å². The van der Waals surface area contributed by atoms with Gasteiger partial charge in [0.1, 0.15) is 0 Å². The van der Waals surface area contributed by atoms with Crippen molar-refractivity contribution in [3.05, 3.63) is 0 Å². The van der Waals surface area contributed by atoms with Crippen LogP contribution in [0.2, 0.25) is 0 Å². The van der Waals surface area contributed by atoms with E-state index in [2.05, 4.69) is 17.1 Å². The number of nitrogens with zero attached hydrogens (tertiary/aromatic N) is 2. The van der Waals surface area contributed by atoms with Crippen molar-refractivity contribution < 1.29 is 9.90 Å². The number of amides is 1. The minimum Gasteiger partial charge on any atom is -0.390 e. The Morgan fingerprint density at radius 2 is 2.05 bits per heavy atom. The summed E-state index contributed by atoms with van der Waals surface area (Å²) >= 11 is 0. The summed E-state index contributed by atoms with van der Waals surface area (Å²) in [4.78, 5) is 15.8. The number of carbonyl (C=O) groups excluding carboxylic acids is 1. The summed E-state index contributed by atoms with van der Waals surface area (Å²) < 4.78 is 0. The zero-order valence-corrected chi connectivity index (χ0v) is 12.6. The molecule has 1 aliphatic heterocycles. The normalized spacial score (nSPS) is 19.6. The lowest BCUT2D eigenvalue weighted by atomic mass is 9.99. The third-order valence-corrected chi connectivity index (χ3v) is 3.67. The van der Waals surface area contributed by atoms with Crippen LogP contribution >= 0.6 is 0 Å². The Bertz CT molecular complexity index is 263. The summed E-state index contributed by atoms with van der Waals surface area (Å²) in [5, 5.41) is 12.7. The molecular formula is C14H29N3O2. The van der Waals surface area contributed by atoms with Crippen LogP contribution in [0.3, 0.4) is 0 Å². The first-order valence-corrected chi connectivity index (χ1v) is 7.29. The van der Waals surface area contributed by atoms with E-state index in [1.54, 1.807) is 0 Å². The molecule has 0 bridgehead atoms. The molecule has 1 unspecified atom stereocenters. The Hall–Kier alpha value is -0.650. The van der Waals surface area contributed by atoms with Crippen molar-refractivity contribution in [1.82, 2.24) is 15.1 Å². The molecule has 1 fully saturated rings. The molecule has 0 spiro atoms. The summed E-state index contributed by atoms with van der Waals surface area (Å²) in [7, 11) is 3.89. The smallest absolute Gasteiger partial charge is 0.221 e. The minimum absolute atomic E-state index is 0.0139. The number of hydrogen-bond donors (Lipinski definition) is 2. The molecule has 0 aromatic carbocycles. The molecule has 0 aromatic rings. The number of rotatable bonds is 7. The predicted molar refractivity (Wildman–Crippen MR) is 77.0 cm³/mol. The Kier molecular flexibility index (Phi) is 7.34. The number of piperidine rings is 1. The van der Waals surface area contributed by atoms with Crippen molar-refractivity contribution >= 4 is 5.91 Å². The van der Waals surface area contributed by atoms with E-state index in [4.69, 9.17) is 0 Å². The Morgan fingerprint density at radius 1 is 1.42 bits per heavy atom. The van der Waals surface area contributed by atoms with Crippen LogP contribution in [0.15, 0.2) is 0 Å². The van der Waals surface area contributed by atoms with E-state index >= 15 is 0 Å². The van der Waals surface area contributed by atoms with Crippen molar-refractivity contribution in [1.29, 1.82) is 0 Å². The topological polar surface area (TPSA) is 55.8 Å². The second-order valence-corrected chi connectivity index (χ2v) is 5.99. The molecule has 1 aliphatic rings. The van der Waals surface area contributed by atoms with E-state index < -0.39 is 6.10 Å². The lowest BCUT2D eigenvalue weighted by Gasteiger charge is -2.31. The van der Waals surface area contributed by atoms with Crippen LogP contribution in [0, 0.1) is 5.92 Å². The fraction of sp³-hybridized carbons (Fsp3) is 0.929. The third kappa shape index (κ3) is 7.50. The highest BCUT2D eigenvalue weighted by molar-refractivity contribution is 5.76. The quantitative estimate of drug-likeness (QED) is 0.692. The highest BCUT2D eigenvalue weighted by Gasteiger charge is 2.18. The Balaban J connectivity index is 2.10. The van der Waals surface area contributed by atoms with Gasteiger partial charge in [-0.1, -0.05) is 6.92 Å². The molecule has 1 rings (SSSR count). The lowest BCUT2D eigenvalue weighted by molar-refractivity contribution is -0.121. The first kappa shape index (κ1) is 16.4. The molecule has 2 N–H and O–H groups in total. The van der Waals surface area contributed by atoms with E-state index in [1.165, 1.54) is 12.8 Å². The van der Waals surface area contributed by atoms with Crippen LogP contribution in [0.25, 0.3) is 0 Å². The van der Waals surface area contributed by atoms with Crippen LogP contribution in [0.5, 0.6) is 0 Å². The first-order chi connectivity index (χ1) is 8.97. The maximum Gasteiger partial charge on any atom is 0.221 e. The van der Waals surface area contributed by atoms with Gasteiger partial charge in [-0.05, 0) is 45.9 Å². The van der Waals surface area contributed by atoms with Gasteiger partial charge in [-0.3, -0.25) is 4.79 Å². The summed E-state index contributed by atoms with van der Waals surface area (Å²) in [5.41, 5.74) is 0. The van der Waals surface area contributed by atoms with Gasteiger partial charge in [0.15, 0.2) is 0 Å². The van der Waals surface area contributed by atoms with E-state index in [-0.39, 0.29) is 5.91 Å². The van der Waals surface area contributed by atoms with Crippen molar-refractivity contribution in [2.45, 2.75) is 32.3 Å². The molecule has 0 aliphatic carbocycles. The molecule has 1 atom stereocenters. The molecule has 112 valence electrons. The van der Waals surface area contributed by atoms with Crippen LogP contribution < -0.4 is 5.32 Å². The van der Waals surface area contributed by atoms with Gasteiger partial charge in [-0.25, -0.2) is 0 Å². The number of aliphatic hydroxyl groups is 1. The largest absolute Gasteiger partial charge is 0.390 e. The number of β-amino-alcohol motifs (C(OH)–C–C–N with tert-alkyl or cyclic N) is 1. The van der Waals surface area contributed by atoms with Crippen LogP contribution in [0.4, 0.5) is 0 Å². The molecule has 0 radical (unpaired) electrons. The average Bonchev–Trinajstić information content (AvgIpc) is 2.36. The zero-order chi connectivity index (χ0) is 14.3. The van der Waals surface area contributed by atoms with Gasteiger partial charge >= 0.3 is 0 Å². The number of hydrogen-bond acceptors (Lipinski definition) is 4. The van der Waals surface area contributed by atoms with E-state index in [1.807, 2.05) is 19.0 Å². The molecule has 5 heteroatoms. The van der Waals surface area contributed by atoms with E-state index in [0.29, 0.717) is 19.5 Å². The van der Waals surface area contributed by atoms with Crippen LogP contribution in [-0.2, 0) is 4.79 Å². The summed E-state index contributed by atoms with van der Waals surface area (Å²) in [6.07, 6.45) is 2.45. The van der Waals surface area contributed by atoms with Crippen molar-refractivity contribution in [3.8, 4) is 0 Å². The molecule has 19 heavy (non-hydrogen) atoms. The van der Waals surface area contributed by atoms with Gasteiger partial charge in [-0.15, -0.1) is 0 Å². The molecule has 1 saturated heterocycles. The highest BCUT2D eigenvalue weighted by atomic mass is 16.3. The van der Waals surface area contributed by atoms with Gasteiger partial charge in [0.05, 0.1) is 6.10 Å². The highest BCUT2D eigenvalue weighted by Crippen LogP contribution is 2.15. The van der Waals surface area contributed by atoms with Crippen LogP contribution in [-0.4, -0.2) is 73.7 Å². The maximum absolute atomic E-state index is 11.5.